The number of aryl methyl sites for hydroxylation is 1. The third kappa shape index (κ3) is 5.66. The maximum Gasteiger partial charge on any atom is 0.573 e. The number of carboxylic acid groups (broad SMARTS) is 1. The van der Waals surface area contributed by atoms with Gasteiger partial charge in [-0.15, -0.1) is 13.2 Å². The standard InChI is InChI=1S/C25H21F3N6O4/c1-15-12-21(23-30-22(32-38-23)18-2-4-19(5-3-18)37-25(26,27)28)31-34(15)14-16-6-9-29-20(13-16)17-7-10-33(11-8-17)24(35)36/h2-7,9,12-13H,8,10-11,14H2,1H3,(H,35,36). The fourth-order valence-electron chi connectivity index (χ4n) is 4.02. The van der Waals surface area contributed by atoms with E-state index in [0.29, 0.717) is 37.3 Å². The van der Waals surface area contributed by atoms with Crippen LogP contribution in [-0.2, 0) is 6.54 Å². The van der Waals surface area contributed by atoms with Crippen LogP contribution in [0.2, 0.25) is 0 Å². The Hall–Kier alpha value is -4.68. The summed E-state index contributed by atoms with van der Waals surface area (Å²) in [4.78, 5) is 21.3. The van der Waals surface area contributed by atoms with Gasteiger partial charge in [-0.05, 0) is 66.9 Å². The van der Waals surface area contributed by atoms with Crippen LogP contribution in [0.25, 0.3) is 28.5 Å². The van der Waals surface area contributed by atoms with Crippen molar-refractivity contribution < 1.29 is 32.3 Å². The van der Waals surface area contributed by atoms with E-state index in [4.69, 9.17) is 9.63 Å². The number of halogens is 3. The lowest BCUT2D eigenvalue weighted by molar-refractivity contribution is -0.274. The topological polar surface area (TPSA) is 119 Å². The van der Waals surface area contributed by atoms with Crippen molar-refractivity contribution in [3.05, 3.63) is 71.7 Å². The minimum absolute atomic E-state index is 0.170. The molecule has 38 heavy (non-hydrogen) atoms. The average Bonchev–Trinajstić information content (AvgIpc) is 3.51. The van der Waals surface area contributed by atoms with Crippen LogP contribution in [0.4, 0.5) is 18.0 Å². The van der Waals surface area contributed by atoms with E-state index in [-0.39, 0.29) is 17.5 Å². The molecule has 0 aliphatic carbocycles. The van der Waals surface area contributed by atoms with Gasteiger partial charge in [0.1, 0.15) is 5.75 Å². The van der Waals surface area contributed by atoms with Gasteiger partial charge in [-0.2, -0.15) is 10.1 Å². The number of amides is 1. The Kier molecular flexibility index (Phi) is 6.57. The Bertz CT molecular complexity index is 1490. The lowest BCUT2D eigenvalue weighted by Crippen LogP contribution is -2.33. The zero-order valence-corrected chi connectivity index (χ0v) is 20.0. The van der Waals surface area contributed by atoms with Crippen LogP contribution < -0.4 is 4.74 Å². The number of carbonyl (C=O) groups is 1. The van der Waals surface area contributed by atoms with Gasteiger partial charge in [0.15, 0.2) is 5.69 Å². The molecule has 0 saturated heterocycles. The normalized spacial score (nSPS) is 13.9. The zero-order valence-electron chi connectivity index (χ0n) is 20.0. The number of hydrogen-bond donors (Lipinski definition) is 1. The number of alkyl halides is 3. The molecule has 1 amide bonds. The van der Waals surface area contributed by atoms with Gasteiger partial charge in [0.05, 0.1) is 12.2 Å². The first kappa shape index (κ1) is 25.0. The lowest BCUT2D eigenvalue weighted by Gasteiger charge is -2.23. The molecule has 0 spiro atoms. The summed E-state index contributed by atoms with van der Waals surface area (Å²) in [5.74, 6) is 0.0237. The zero-order chi connectivity index (χ0) is 26.9. The van der Waals surface area contributed by atoms with Crippen LogP contribution in [0.5, 0.6) is 5.75 Å². The second-order valence-electron chi connectivity index (χ2n) is 8.58. The van der Waals surface area contributed by atoms with Gasteiger partial charge in [-0.1, -0.05) is 11.2 Å². The Balaban J connectivity index is 1.29. The third-order valence-electron chi connectivity index (χ3n) is 5.94. The number of rotatable bonds is 6. The monoisotopic (exact) mass is 526 g/mol. The molecule has 0 unspecified atom stereocenters. The number of hydrogen-bond acceptors (Lipinski definition) is 7. The second kappa shape index (κ2) is 10.00. The van der Waals surface area contributed by atoms with Crippen molar-refractivity contribution in [3.63, 3.8) is 0 Å². The summed E-state index contributed by atoms with van der Waals surface area (Å²) in [6.07, 6.45) is -1.53. The fourth-order valence-corrected chi connectivity index (χ4v) is 4.02. The smallest absolute Gasteiger partial charge is 0.465 e. The van der Waals surface area contributed by atoms with Crippen molar-refractivity contribution in [2.45, 2.75) is 26.3 Å². The molecule has 13 heteroatoms. The van der Waals surface area contributed by atoms with E-state index in [0.717, 1.165) is 22.5 Å². The van der Waals surface area contributed by atoms with Crippen LogP contribution in [0.3, 0.4) is 0 Å². The summed E-state index contributed by atoms with van der Waals surface area (Å²) in [6, 6.07) is 10.8. The summed E-state index contributed by atoms with van der Waals surface area (Å²) in [5.41, 5.74) is 4.52. The van der Waals surface area contributed by atoms with Gasteiger partial charge in [-0.25, -0.2) is 4.79 Å². The lowest BCUT2D eigenvalue weighted by atomic mass is 10.0. The highest BCUT2D eigenvalue weighted by Crippen LogP contribution is 2.27. The van der Waals surface area contributed by atoms with E-state index in [1.807, 2.05) is 25.1 Å². The van der Waals surface area contributed by atoms with Crippen LogP contribution in [0, 0.1) is 6.92 Å². The number of ether oxygens (including phenoxy) is 1. The molecule has 1 aliphatic heterocycles. The maximum absolute atomic E-state index is 12.4. The van der Waals surface area contributed by atoms with E-state index >= 15 is 0 Å². The van der Waals surface area contributed by atoms with E-state index in [1.165, 1.54) is 29.2 Å². The predicted molar refractivity (Wildman–Crippen MR) is 128 cm³/mol. The number of pyridine rings is 1. The molecule has 0 saturated carbocycles. The average molecular weight is 526 g/mol. The van der Waals surface area contributed by atoms with Gasteiger partial charge in [0.2, 0.25) is 5.82 Å². The molecule has 0 bridgehead atoms. The van der Waals surface area contributed by atoms with Gasteiger partial charge < -0.3 is 19.3 Å². The third-order valence-corrected chi connectivity index (χ3v) is 5.94. The Labute approximate surface area is 214 Å². The first-order chi connectivity index (χ1) is 18.1. The van der Waals surface area contributed by atoms with E-state index in [9.17, 15) is 18.0 Å². The van der Waals surface area contributed by atoms with Gasteiger partial charge in [0.25, 0.3) is 5.89 Å². The van der Waals surface area contributed by atoms with Crippen molar-refractivity contribution in [2.24, 2.45) is 0 Å². The van der Waals surface area contributed by atoms with Crippen LogP contribution in [-0.4, -0.2) is 60.5 Å². The molecule has 10 nitrogen and oxygen atoms in total. The molecule has 1 N–H and O–H groups in total. The molecule has 5 rings (SSSR count). The van der Waals surface area contributed by atoms with Crippen molar-refractivity contribution in [1.29, 1.82) is 0 Å². The Morgan fingerprint density at radius 2 is 1.95 bits per heavy atom. The summed E-state index contributed by atoms with van der Waals surface area (Å²) in [5, 5.41) is 17.6. The minimum atomic E-state index is -4.77. The van der Waals surface area contributed by atoms with Crippen molar-refractivity contribution in [3.8, 4) is 28.7 Å². The summed E-state index contributed by atoms with van der Waals surface area (Å²) in [6.45, 7) is 3.10. The van der Waals surface area contributed by atoms with Gasteiger partial charge >= 0.3 is 12.5 Å². The summed E-state index contributed by atoms with van der Waals surface area (Å²) in [7, 11) is 0. The predicted octanol–water partition coefficient (Wildman–Crippen LogP) is 5.02. The minimum Gasteiger partial charge on any atom is -0.465 e. The summed E-state index contributed by atoms with van der Waals surface area (Å²) >= 11 is 0. The number of benzene rings is 1. The van der Waals surface area contributed by atoms with Gasteiger partial charge in [-0.3, -0.25) is 9.67 Å². The molecule has 1 aromatic carbocycles. The highest BCUT2D eigenvalue weighted by molar-refractivity contribution is 5.70. The first-order valence-electron chi connectivity index (χ1n) is 11.5. The van der Waals surface area contributed by atoms with Crippen LogP contribution in [0.15, 0.2) is 59.3 Å². The van der Waals surface area contributed by atoms with E-state index < -0.39 is 12.5 Å². The number of nitrogens with zero attached hydrogens (tertiary/aromatic N) is 6. The van der Waals surface area contributed by atoms with Crippen LogP contribution >= 0.6 is 0 Å². The highest BCUT2D eigenvalue weighted by Gasteiger charge is 2.31. The molecule has 196 valence electrons. The van der Waals surface area contributed by atoms with Crippen LogP contribution in [0.1, 0.15) is 23.4 Å². The van der Waals surface area contributed by atoms with Gasteiger partial charge in [0, 0.05) is 30.5 Å². The van der Waals surface area contributed by atoms with E-state index in [2.05, 4.69) is 25.0 Å². The quantitative estimate of drug-likeness (QED) is 0.372. The molecule has 4 aromatic rings. The van der Waals surface area contributed by atoms with E-state index in [1.54, 1.807) is 16.9 Å². The van der Waals surface area contributed by atoms with Crippen molar-refractivity contribution in [1.82, 2.24) is 29.8 Å². The molecular formula is C25H21F3N6O4. The molecular weight excluding hydrogens is 505 g/mol. The second-order valence-corrected chi connectivity index (χ2v) is 8.58. The first-order valence-corrected chi connectivity index (χ1v) is 11.5. The SMILES string of the molecule is Cc1cc(-c2nc(-c3ccc(OC(F)(F)F)cc3)no2)nn1Cc1ccnc(C2=CCN(C(=O)O)CC2)c1. The molecule has 3 aromatic heterocycles. The maximum atomic E-state index is 12.4. The molecule has 0 radical (unpaired) electrons. The molecule has 4 heterocycles. The van der Waals surface area contributed by atoms with Crippen molar-refractivity contribution in [2.75, 3.05) is 13.1 Å². The summed E-state index contributed by atoms with van der Waals surface area (Å²) < 4.78 is 48.1. The Morgan fingerprint density at radius 1 is 1.16 bits per heavy atom. The number of aromatic nitrogens is 5. The molecule has 1 aliphatic rings. The fraction of sp³-hybridized carbons (Fsp3) is 0.240. The largest absolute Gasteiger partial charge is 0.573 e. The molecule has 0 atom stereocenters. The highest BCUT2D eigenvalue weighted by atomic mass is 19.4. The Morgan fingerprint density at radius 3 is 2.63 bits per heavy atom. The van der Waals surface area contributed by atoms with Crippen molar-refractivity contribution >= 4 is 11.7 Å². The molecule has 0 fully saturated rings.